The Morgan fingerprint density at radius 2 is 1.72 bits per heavy atom. The number of aliphatic carboxylic acids is 1. The number of fused-ring (bicyclic) bond motifs is 1. The van der Waals surface area contributed by atoms with E-state index in [0.717, 1.165) is 24.3 Å². The lowest BCUT2D eigenvalue weighted by atomic mass is 9.86. The number of aromatic nitrogens is 1. The van der Waals surface area contributed by atoms with E-state index in [1.54, 1.807) is 26.8 Å². The lowest BCUT2D eigenvalue weighted by Crippen LogP contribution is -2.20. The third-order valence-electron chi connectivity index (χ3n) is 5.43. The van der Waals surface area contributed by atoms with Gasteiger partial charge in [-0.1, -0.05) is 25.4 Å². The van der Waals surface area contributed by atoms with E-state index >= 15 is 0 Å². The van der Waals surface area contributed by atoms with Crippen LogP contribution in [0.4, 0.5) is 13.2 Å². The average molecular weight is 468 g/mol. The van der Waals surface area contributed by atoms with Crippen LogP contribution in [-0.2, 0) is 11.0 Å². The standard InChI is InChI=1S/C23H21ClF3NO4/c1-11(2)19(22(30)31)20-12(3)28(17-10-16(24)18(32-4)9-15(17)20)21(29)13-5-7-14(8-6-13)23(25,26)27/h5-11,19H,1-4H3,(H,30,31). The first-order valence-corrected chi connectivity index (χ1v) is 10.1. The highest BCUT2D eigenvalue weighted by molar-refractivity contribution is 6.33. The molecule has 2 aromatic carbocycles. The van der Waals surface area contributed by atoms with Gasteiger partial charge in [0, 0.05) is 16.6 Å². The molecule has 0 aliphatic heterocycles. The number of benzene rings is 2. The van der Waals surface area contributed by atoms with Crippen LogP contribution in [0.2, 0.25) is 5.02 Å². The first-order valence-electron chi connectivity index (χ1n) is 9.71. The highest BCUT2D eigenvalue weighted by Crippen LogP contribution is 2.40. The summed E-state index contributed by atoms with van der Waals surface area (Å²) in [5.74, 6) is -2.56. The van der Waals surface area contributed by atoms with E-state index in [2.05, 4.69) is 0 Å². The van der Waals surface area contributed by atoms with Crippen LogP contribution in [0.15, 0.2) is 36.4 Å². The number of hydrogen-bond donors (Lipinski definition) is 1. The molecular formula is C23H21ClF3NO4. The Labute approximate surface area is 187 Å². The molecule has 0 aliphatic carbocycles. The summed E-state index contributed by atoms with van der Waals surface area (Å²) in [5.41, 5.74) is 0.295. The first kappa shape index (κ1) is 23.7. The molecule has 0 bridgehead atoms. The molecule has 0 saturated carbocycles. The third kappa shape index (κ3) is 4.07. The second kappa shape index (κ2) is 8.50. The molecule has 1 N–H and O–H groups in total. The zero-order valence-corrected chi connectivity index (χ0v) is 18.5. The lowest BCUT2D eigenvalue weighted by Gasteiger charge is -2.17. The molecule has 0 amide bonds. The fraction of sp³-hybridized carbons (Fsp3) is 0.304. The lowest BCUT2D eigenvalue weighted by molar-refractivity contribution is -0.140. The quantitative estimate of drug-likeness (QED) is 0.489. The van der Waals surface area contributed by atoms with Crippen molar-refractivity contribution in [3.8, 4) is 5.75 Å². The van der Waals surface area contributed by atoms with Gasteiger partial charge in [-0.15, -0.1) is 0 Å². The Kier molecular flexibility index (Phi) is 6.29. The number of halogens is 4. The van der Waals surface area contributed by atoms with Crippen molar-refractivity contribution in [2.75, 3.05) is 7.11 Å². The Balaban J connectivity index is 2.29. The molecule has 170 valence electrons. The maximum absolute atomic E-state index is 13.3. The van der Waals surface area contributed by atoms with E-state index in [1.165, 1.54) is 17.7 Å². The second-order valence-electron chi connectivity index (χ2n) is 7.78. The number of carbonyl (C=O) groups excluding carboxylic acids is 1. The highest BCUT2D eigenvalue weighted by atomic mass is 35.5. The first-order chi connectivity index (χ1) is 14.9. The van der Waals surface area contributed by atoms with Gasteiger partial charge < -0.3 is 9.84 Å². The van der Waals surface area contributed by atoms with Gasteiger partial charge in [0.15, 0.2) is 0 Å². The van der Waals surface area contributed by atoms with Gasteiger partial charge in [-0.2, -0.15) is 13.2 Å². The van der Waals surface area contributed by atoms with Crippen molar-refractivity contribution in [2.24, 2.45) is 5.92 Å². The number of methoxy groups -OCH3 is 1. The van der Waals surface area contributed by atoms with E-state index in [1.807, 2.05) is 0 Å². The molecule has 5 nitrogen and oxygen atoms in total. The Hall–Kier alpha value is -3.00. The number of carboxylic acids is 1. The van der Waals surface area contributed by atoms with Gasteiger partial charge in [0.1, 0.15) is 5.75 Å². The number of alkyl halides is 3. The summed E-state index contributed by atoms with van der Waals surface area (Å²) < 4.78 is 45.3. The summed E-state index contributed by atoms with van der Waals surface area (Å²) in [5, 5.41) is 10.6. The average Bonchev–Trinajstić information content (AvgIpc) is 2.97. The molecule has 0 spiro atoms. The number of rotatable bonds is 5. The summed E-state index contributed by atoms with van der Waals surface area (Å²) in [6.07, 6.45) is -4.53. The van der Waals surface area contributed by atoms with Crippen LogP contribution in [0.5, 0.6) is 5.75 Å². The van der Waals surface area contributed by atoms with Crippen molar-refractivity contribution < 1.29 is 32.6 Å². The van der Waals surface area contributed by atoms with Crippen LogP contribution in [0, 0.1) is 12.8 Å². The van der Waals surface area contributed by atoms with Crippen LogP contribution in [0.1, 0.15) is 46.9 Å². The Morgan fingerprint density at radius 1 is 1.12 bits per heavy atom. The normalized spacial score (nSPS) is 12.9. The monoisotopic (exact) mass is 467 g/mol. The minimum atomic E-state index is -4.53. The van der Waals surface area contributed by atoms with Crippen molar-refractivity contribution in [1.82, 2.24) is 4.57 Å². The largest absolute Gasteiger partial charge is 0.495 e. The Bertz CT molecular complexity index is 1200. The van der Waals surface area contributed by atoms with Gasteiger partial charge in [-0.05, 0) is 54.8 Å². The van der Waals surface area contributed by atoms with Crippen molar-refractivity contribution in [1.29, 1.82) is 0 Å². The maximum Gasteiger partial charge on any atom is 0.416 e. The molecule has 0 radical (unpaired) electrons. The molecule has 1 aromatic heterocycles. The molecule has 0 saturated heterocycles. The topological polar surface area (TPSA) is 68.5 Å². The molecule has 32 heavy (non-hydrogen) atoms. The fourth-order valence-electron chi connectivity index (χ4n) is 3.92. The van der Waals surface area contributed by atoms with Gasteiger partial charge >= 0.3 is 12.1 Å². The number of carboxylic acid groups (broad SMARTS) is 1. The fourth-order valence-corrected chi connectivity index (χ4v) is 4.16. The van der Waals surface area contributed by atoms with Gasteiger partial charge in [0.05, 0.1) is 29.1 Å². The van der Waals surface area contributed by atoms with Crippen LogP contribution in [0.25, 0.3) is 10.9 Å². The molecule has 1 unspecified atom stereocenters. The van der Waals surface area contributed by atoms with Gasteiger partial charge in [0.2, 0.25) is 0 Å². The third-order valence-corrected chi connectivity index (χ3v) is 5.73. The smallest absolute Gasteiger partial charge is 0.416 e. The number of hydrogen-bond acceptors (Lipinski definition) is 3. The second-order valence-corrected chi connectivity index (χ2v) is 8.19. The number of carbonyl (C=O) groups is 2. The summed E-state index contributed by atoms with van der Waals surface area (Å²) >= 11 is 6.27. The molecular weight excluding hydrogens is 447 g/mol. The summed E-state index contributed by atoms with van der Waals surface area (Å²) in [6.45, 7) is 5.12. The van der Waals surface area contributed by atoms with E-state index in [4.69, 9.17) is 16.3 Å². The molecule has 0 aliphatic rings. The van der Waals surface area contributed by atoms with Crippen molar-refractivity contribution >= 4 is 34.4 Å². The van der Waals surface area contributed by atoms with Crippen molar-refractivity contribution in [2.45, 2.75) is 32.9 Å². The van der Waals surface area contributed by atoms with Crippen molar-refractivity contribution in [3.05, 3.63) is 63.8 Å². The van der Waals surface area contributed by atoms with Gasteiger partial charge in [-0.3, -0.25) is 14.2 Å². The molecule has 1 atom stereocenters. The molecule has 3 rings (SSSR count). The van der Waals surface area contributed by atoms with Crippen LogP contribution >= 0.6 is 11.6 Å². The predicted octanol–water partition coefficient (Wildman–Crippen LogP) is 6.14. The summed E-state index contributed by atoms with van der Waals surface area (Å²) in [7, 11) is 1.42. The SMILES string of the molecule is COc1cc2c(C(C(=O)O)C(C)C)c(C)n(C(=O)c3ccc(C(F)(F)F)cc3)c2cc1Cl. The predicted molar refractivity (Wildman–Crippen MR) is 115 cm³/mol. The van der Waals surface area contributed by atoms with E-state index < -0.39 is 29.5 Å². The summed E-state index contributed by atoms with van der Waals surface area (Å²) in [6, 6.07) is 6.93. The van der Waals surface area contributed by atoms with Gasteiger partial charge in [-0.25, -0.2) is 0 Å². The van der Waals surface area contributed by atoms with E-state index in [-0.39, 0.29) is 16.5 Å². The molecule has 0 fully saturated rings. The number of ether oxygens (including phenoxy) is 1. The van der Waals surface area contributed by atoms with Crippen molar-refractivity contribution in [3.63, 3.8) is 0 Å². The zero-order valence-electron chi connectivity index (χ0n) is 17.7. The van der Waals surface area contributed by atoms with Crippen LogP contribution in [0.3, 0.4) is 0 Å². The van der Waals surface area contributed by atoms with Crippen LogP contribution < -0.4 is 4.74 Å². The van der Waals surface area contributed by atoms with Crippen LogP contribution in [-0.4, -0.2) is 28.7 Å². The molecule has 1 heterocycles. The number of nitrogens with zero attached hydrogens (tertiary/aromatic N) is 1. The zero-order chi connectivity index (χ0) is 24.0. The highest BCUT2D eigenvalue weighted by Gasteiger charge is 2.33. The molecule has 3 aromatic rings. The van der Waals surface area contributed by atoms with E-state index in [0.29, 0.717) is 27.9 Å². The van der Waals surface area contributed by atoms with E-state index in [9.17, 15) is 27.9 Å². The minimum Gasteiger partial charge on any atom is -0.495 e. The Morgan fingerprint density at radius 3 is 2.19 bits per heavy atom. The molecule has 9 heteroatoms. The van der Waals surface area contributed by atoms with Gasteiger partial charge in [0.25, 0.3) is 5.91 Å². The summed E-state index contributed by atoms with van der Waals surface area (Å²) in [4.78, 5) is 25.4. The minimum absolute atomic E-state index is 0.0212. The maximum atomic E-state index is 13.3.